The number of hydrogen-bond acceptors (Lipinski definition) is 4. The second-order valence-electron chi connectivity index (χ2n) is 5.94. The first-order valence-electron chi connectivity index (χ1n) is 8.23. The number of nitrogens with zero attached hydrogens (tertiary/aromatic N) is 1. The van der Waals surface area contributed by atoms with Crippen LogP contribution in [0.3, 0.4) is 0 Å². The van der Waals surface area contributed by atoms with Crippen LogP contribution in [-0.4, -0.2) is 34.6 Å². The van der Waals surface area contributed by atoms with E-state index in [2.05, 4.69) is 0 Å². The van der Waals surface area contributed by atoms with E-state index in [1.807, 2.05) is 0 Å². The molecule has 2 rings (SSSR count). The molecule has 24 heavy (non-hydrogen) atoms. The second kappa shape index (κ2) is 8.70. The highest BCUT2D eigenvalue weighted by Gasteiger charge is 2.37. The third-order valence-electron chi connectivity index (χ3n) is 4.01. The summed E-state index contributed by atoms with van der Waals surface area (Å²) in [5, 5.41) is 10.1. The van der Waals surface area contributed by atoms with Crippen molar-refractivity contribution in [1.29, 1.82) is 0 Å². The van der Waals surface area contributed by atoms with Gasteiger partial charge in [-0.05, 0) is 49.6 Å². The number of imide groups is 1. The highest BCUT2D eigenvalue weighted by atomic mass is 19.1. The van der Waals surface area contributed by atoms with Crippen LogP contribution in [0.25, 0.3) is 6.08 Å². The minimum Gasteiger partial charge on any atom is -0.373 e. The van der Waals surface area contributed by atoms with Gasteiger partial charge in [0.25, 0.3) is 5.91 Å². The van der Waals surface area contributed by atoms with E-state index in [0.29, 0.717) is 18.5 Å². The minimum atomic E-state index is -1.11. The van der Waals surface area contributed by atoms with Crippen molar-refractivity contribution in [3.8, 4) is 0 Å². The first-order chi connectivity index (χ1) is 11.5. The lowest BCUT2D eigenvalue weighted by Crippen LogP contribution is -2.39. The molecule has 1 aliphatic heterocycles. The van der Waals surface area contributed by atoms with E-state index in [0.717, 1.165) is 30.6 Å². The van der Waals surface area contributed by atoms with Crippen LogP contribution in [-0.2, 0) is 9.59 Å². The average molecular weight is 334 g/mol. The number of aliphatic hydroxyl groups is 1. The number of aliphatic hydroxyl groups excluding tert-OH is 1. The van der Waals surface area contributed by atoms with Crippen LogP contribution in [0, 0.1) is 5.82 Å². The molecule has 1 fully saturated rings. The molecule has 0 bridgehead atoms. The van der Waals surface area contributed by atoms with Crippen molar-refractivity contribution in [1.82, 2.24) is 4.90 Å². The monoisotopic (exact) mass is 334 g/mol. The van der Waals surface area contributed by atoms with Crippen molar-refractivity contribution in [2.75, 3.05) is 6.54 Å². The Morgan fingerprint density at radius 1 is 1.25 bits per heavy atom. The minimum absolute atomic E-state index is 0.0699. The molecule has 0 spiro atoms. The van der Waals surface area contributed by atoms with Gasteiger partial charge in [0.1, 0.15) is 12.0 Å². The van der Waals surface area contributed by atoms with E-state index >= 15 is 0 Å². The second-order valence-corrected chi connectivity index (χ2v) is 5.94. The number of carbonyl (C=O) groups is 2. The standard InChI is InChI=1S/C18H23FN2O3/c19-15-7-5-6-13(11-15)10-14-12-17(23)21(18(14)24)16(22)8-3-1-2-4-9-20/h5-7,10-11,16,22H,1-4,8-9,12,20H2/b14-10+. The summed E-state index contributed by atoms with van der Waals surface area (Å²) >= 11 is 0. The maximum Gasteiger partial charge on any atom is 0.259 e. The molecule has 0 saturated carbocycles. The van der Waals surface area contributed by atoms with Crippen LogP contribution < -0.4 is 5.73 Å². The van der Waals surface area contributed by atoms with Crippen molar-refractivity contribution >= 4 is 17.9 Å². The van der Waals surface area contributed by atoms with E-state index < -0.39 is 23.9 Å². The molecule has 1 saturated heterocycles. The number of halogens is 1. The molecule has 1 atom stereocenters. The zero-order valence-electron chi connectivity index (χ0n) is 13.6. The lowest BCUT2D eigenvalue weighted by atomic mass is 10.1. The summed E-state index contributed by atoms with van der Waals surface area (Å²) < 4.78 is 13.2. The Morgan fingerprint density at radius 2 is 2.00 bits per heavy atom. The largest absolute Gasteiger partial charge is 0.373 e. The van der Waals surface area contributed by atoms with Gasteiger partial charge in [0.15, 0.2) is 0 Å². The summed E-state index contributed by atoms with van der Waals surface area (Å²) in [6.07, 6.45) is 4.19. The Hall–Kier alpha value is -2.05. The predicted molar refractivity (Wildman–Crippen MR) is 89.0 cm³/mol. The number of unbranched alkanes of at least 4 members (excludes halogenated alkanes) is 3. The fourth-order valence-electron chi connectivity index (χ4n) is 2.76. The topological polar surface area (TPSA) is 83.6 Å². The van der Waals surface area contributed by atoms with Crippen molar-refractivity contribution in [3.05, 3.63) is 41.2 Å². The maximum absolute atomic E-state index is 13.2. The Balaban J connectivity index is 1.98. The number of amides is 2. The molecule has 6 heteroatoms. The van der Waals surface area contributed by atoms with Gasteiger partial charge in [-0.15, -0.1) is 0 Å². The van der Waals surface area contributed by atoms with E-state index in [1.54, 1.807) is 6.07 Å². The fourth-order valence-corrected chi connectivity index (χ4v) is 2.76. The third kappa shape index (κ3) is 4.72. The van der Waals surface area contributed by atoms with Gasteiger partial charge < -0.3 is 10.8 Å². The van der Waals surface area contributed by atoms with E-state index in [1.165, 1.54) is 24.3 Å². The Kier molecular flexibility index (Phi) is 6.63. The van der Waals surface area contributed by atoms with E-state index in [-0.39, 0.29) is 12.0 Å². The van der Waals surface area contributed by atoms with Crippen LogP contribution in [0.15, 0.2) is 29.8 Å². The highest BCUT2D eigenvalue weighted by molar-refractivity contribution is 6.15. The van der Waals surface area contributed by atoms with Crippen LogP contribution in [0.1, 0.15) is 44.1 Å². The third-order valence-corrected chi connectivity index (χ3v) is 4.01. The molecule has 2 amide bonds. The smallest absolute Gasteiger partial charge is 0.259 e. The average Bonchev–Trinajstić information content (AvgIpc) is 2.81. The summed E-state index contributed by atoms with van der Waals surface area (Å²) in [6, 6.07) is 5.80. The van der Waals surface area contributed by atoms with Crippen molar-refractivity contribution in [2.24, 2.45) is 5.73 Å². The van der Waals surface area contributed by atoms with Crippen LogP contribution in [0.5, 0.6) is 0 Å². The van der Waals surface area contributed by atoms with Gasteiger partial charge in [-0.2, -0.15) is 0 Å². The maximum atomic E-state index is 13.2. The number of carbonyl (C=O) groups excluding carboxylic acids is 2. The molecule has 5 nitrogen and oxygen atoms in total. The molecule has 1 aliphatic rings. The zero-order chi connectivity index (χ0) is 17.5. The molecule has 1 aromatic carbocycles. The van der Waals surface area contributed by atoms with Gasteiger partial charge >= 0.3 is 0 Å². The summed E-state index contributed by atoms with van der Waals surface area (Å²) in [7, 11) is 0. The fraction of sp³-hybridized carbons (Fsp3) is 0.444. The van der Waals surface area contributed by atoms with Crippen molar-refractivity contribution in [3.63, 3.8) is 0 Å². The van der Waals surface area contributed by atoms with Gasteiger partial charge in [-0.3, -0.25) is 14.5 Å². The Labute approximate surface area is 140 Å². The first kappa shape index (κ1) is 18.3. The normalized spacial score (nSPS) is 17.8. The van der Waals surface area contributed by atoms with Gasteiger partial charge in [0.2, 0.25) is 5.91 Å². The molecule has 1 unspecified atom stereocenters. The highest BCUT2D eigenvalue weighted by Crippen LogP contribution is 2.25. The van der Waals surface area contributed by atoms with Gasteiger partial charge in [0, 0.05) is 5.57 Å². The molecule has 130 valence electrons. The van der Waals surface area contributed by atoms with Crippen molar-refractivity contribution < 1.29 is 19.1 Å². The lowest BCUT2D eigenvalue weighted by Gasteiger charge is -2.20. The quantitative estimate of drug-likeness (QED) is 0.434. The summed E-state index contributed by atoms with van der Waals surface area (Å²) in [5.41, 5.74) is 6.21. The van der Waals surface area contributed by atoms with Gasteiger partial charge in [0.05, 0.1) is 6.42 Å². The van der Waals surface area contributed by atoms with Crippen LogP contribution in [0.4, 0.5) is 4.39 Å². The number of nitrogens with two attached hydrogens (primary N) is 1. The number of rotatable bonds is 8. The van der Waals surface area contributed by atoms with Gasteiger partial charge in [-0.1, -0.05) is 25.0 Å². The molecule has 1 heterocycles. The van der Waals surface area contributed by atoms with Crippen LogP contribution >= 0.6 is 0 Å². The zero-order valence-corrected chi connectivity index (χ0v) is 13.6. The predicted octanol–water partition coefficient (Wildman–Crippen LogP) is 2.20. The first-order valence-corrected chi connectivity index (χ1v) is 8.23. The lowest BCUT2D eigenvalue weighted by molar-refractivity contribution is -0.148. The molecular weight excluding hydrogens is 311 g/mol. The van der Waals surface area contributed by atoms with Crippen molar-refractivity contribution in [2.45, 2.75) is 44.8 Å². The SMILES string of the molecule is NCCCCCCC(O)N1C(=O)C/C(=C\c2cccc(F)c2)C1=O. The molecule has 0 aliphatic carbocycles. The molecule has 0 radical (unpaired) electrons. The molecule has 3 N–H and O–H groups in total. The Morgan fingerprint density at radius 3 is 2.71 bits per heavy atom. The summed E-state index contributed by atoms with van der Waals surface area (Å²) in [4.78, 5) is 25.3. The number of likely N-dealkylation sites (tertiary alicyclic amines) is 1. The summed E-state index contributed by atoms with van der Waals surface area (Å²) in [5.74, 6) is -1.33. The van der Waals surface area contributed by atoms with Crippen LogP contribution in [0.2, 0.25) is 0 Å². The summed E-state index contributed by atoms with van der Waals surface area (Å²) in [6.45, 7) is 0.639. The number of benzene rings is 1. The Bertz CT molecular complexity index is 630. The van der Waals surface area contributed by atoms with E-state index in [9.17, 15) is 19.1 Å². The van der Waals surface area contributed by atoms with Gasteiger partial charge in [-0.25, -0.2) is 4.39 Å². The number of hydrogen-bond donors (Lipinski definition) is 2. The molecular formula is C18H23FN2O3. The van der Waals surface area contributed by atoms with E-state index in [4.69, 9.17) is 5.73 Å². The molecule has 0 aromatic heterocycles. The molecule has 1 aromatic rings.